The van der Waals surface area contributed by atoms with E-state index in [1.807, 2.05) is 48.5 Å². The summed E-state index contributed by atoms with van der Waals surface area (Å²) in [6.45, 7) is 0.0969. The molecule has 1 aliphatic rings. The van der Waals surface area contributed by atoms with Crippen molar-refractivity contribution in [1.29, 1.82) is 0 Å². The summed E-state index contributed by atoms with van der Waals surface area (Å²) in [7, 11) is 0. The van der Waals surface area contributed by atoms with Crippen molar-refractivity contribution in [2.75, 3.05) is 13.2 Å². The molecule has 1 aliphatic carbocycles. The number of nitro groups is 1. The van der Waals surface area contributed by atoms with E-state index in [0.29, 0.717) is 6.29 Å². The second kappa shape index (κ2) is 9.70. The van der Waals surface area contributed by atoms with Gasteiger partial charge in [-0.25, -0.2) is 14.9 Å². The van der Waals surface area contributed by atoms with Crippen LogP contribution in [-0.4, -0.2) is 47.6 Å². The Hall–Kier alpha value is -3.95. The standard InChI is InChI=1S/C21H23N5O5/c22-20(23)24-11-5-6-14(12-27)25(26(29)30)21(28)31-13-19-17-9-3-1-7-15(17)16-8-2-4-10-18(16)19/h1-4,7-10,12,14,19H,5-6,11,13H2,(H4,22,23,24)/t14-/m0/s1. The zero-order valence-electron chi connectivity index (χ0n) is 16.7. The van der Waals surface area contributed by atoms with Crippen molar-refractivity contribution in [3.8, 4) is 11.1 Å². The molecule has 0 saturated carbocycles. The second-order valence-corrected chi connectivity index (χ2v) is 7.04. The average Bonchev–Trinajstić information content (AvgIpc) is 3.07. The number of nitrogens with zero attached hydrogens (tertiary/aromatic N) is 3. The molecule has 0 aliphatic heterocycles. The van der Waals surface area contributed by atoms with Gasteiger partial charge in [-0.1, -0.05) is 48.5 Å². The first kappa shape index (κ1) is 21.8. The Kier molecular flexibility index (Phi) is 6.81. The average molecular weight is 425 g/mol. The summed E-state index contributed by atoms with van der Waals surface area (Å²) in [4.78, 5) is 39.2. The lowest BCUT2D eigenvalue weighted by molar-refractivity contribution is -0.640. The third kappa shape index (κ3) is 4.80. The van der Waals surface area contributed by atoms with Crippen LogP contribution in [0.25, 0.3) is 11.1 Å². The van der Waals surface area contributed by atoms with E-state index in [0.717, 1.165) is 22.3 Å². The van der Waals surface area contributed by atoms with E-state index < -0.39 is 17.2 Å². The number of carbonyl (C=O) groups excluding carboxylic acids is 2. The zero-order valence-corrected chi connectivity index (χ0v) is 16.7. The fraction of sp³-hybridized carbons (Fsp3) is 0.286. The van der Waals surface area contributed by atoms with E-state index in [2.05, 4.69) is 4.99 Å². The van der Waals surface area contributed by atoms with Gasteiger partial charge in [-0.05, 0) is 40.1 Å². The number of hydrazine groups is 1. The number of aliphatic imine (C=N–C) groups is 1. The predicted molar refractivity (Wildman–Crippen MR) is 114 cm³/mol. The lowest BCUT2D eigenvalue weighted by Crippen LogP contribution is -2.46. The van der Waals surface area contributed by atoms with Gasteiger partial charge in [0.05, 0.1) is 0 Å². The van der Waals surface area contributed by atoms with Crippen LogP contribution in [0.4, 0.5) is 4.79 Å². The van der Waals surface area contributed by atoms with Crippen molar-refractivity contribution in [3.05, 3.63) is 69.8 Å². The van der Waals surface area contributed by atoms with E-state index in [-0.39, 0.29) is 42.9 Å². The fourth-order valence-electron chi connectivity index (χ4n) is 3.74. The summed E-state index contributed by atoms with van der Waals surface area (Å²) in [5, 5.41) is 10.8. The molecular formula is C21H23N5O5. The first-order chi connectivity index (χ1) is 14.9. The lowest BCUT2D eigenvalue weighted by Gasteiger charge is -2.19. The quantitative estimate of drug-likeness (QED) is 0.156. The largest absolute Gasteiger partial charge is 0.468 e. The van der Waals surface area contributed by atoms with E-state index in [4.69, 9.17) is 16.2 Å². The molecule has 2 aromatic carbocycles. The van der Waals surface area contributed by atoms with Crippen LogP contribution in [0.2, 0.25) is 0 Å². The number of nitrogens with two attached hydrogens (primary N) is 2. The Morgan fingerprint density at radius 3 is 2.26 bits per heavy atom. The molecule has 0 spiro atoms. The Morgan fingerprint density at radius 2 is 1.74 bits per heavy atom. The maximum absolute atomic E-state index is 12.5. The molecule has 1 amide bonds. The van der Waals surface area contributed by atoms with Crippen LogP contribution in [-0.2, 0) is 9.53 Å². The number of carbonyl (C=O) groups is 2. The van der Waals surface area contributed by atoms with Crippen molar-refractivity contribution in [2.24, 2.45) is 16.5 Å². The number of hydrogen-bond acceptors (Lipinski definition) is 6. The van der Waals surface area contributed by atoms with Crippen LogP contribution in [0, 0.1) is 10.1 Å². The van der Waals surface area contributed by atoms with Crippen molar-refractivity contribution in [2.45, 2.75) is 24.8 Å². The Balaban J connectivity index is 1.71. The van der Waals surface area contributed by atoms with Crippen LogP contribution in [0.5, 0.6) is 0 Å². The van der Waals surface area contributed by atoms with Gasteiger partial charge in [-0.2, -0.15) is 0 Å². The van der Waals surface area contributed by atoms with E-state index in [9.17, 15) is 19.7 Å². The Morgan fingerprint density at radius 1 is 1.16 bits per heavy atom. The van der Waals surface area contributed by atoms with Crippen LogP contribution in [0.3, 0.4) is 0 Å². The summed E-state index contributed by atoms with van der Waals surface area (Å²) in [5.41, 5.74) is 14.5. The van der Waals surface area contributed by atoms with Crippen molar-refractivity contribution in [3.63, 3.8) is 0 Å². The van der Waals surface area contributed by atoms with Crippen LogP contribution >= 0.6 is 0 Å². The molecule has 0 heterocycles. The van der Waals surface area contributed by atoms with Crippen LogP contribution in [0.1, 0.15) is 29.9 Å². The van der Waals surface area contributed by atoms with E-state index in [1.165, 1.54) is 0 Å². The highest BCUT2D eigenvalue weighted by atomic mass is 16.7. The third-order valence-corrected chi connectivity index (χ3v) is 5.12. The molecule has 0 radical (unpaired) electrons. The van der Waals surface area contributed by atoms with Gasteiger partial charge in [-0.3, -0.25) is 4.99 Å². The minimum absolute atomic E-state index is 0.0193. The zero-order chi connectivity index (χ0) is 22.4. The number of amides is 1. The lowest BCUT2D eigenvalue weighted by atomic mass is 9.98. The maximum Gasteiger partial charge on any atom is 0.468 e. The van der Waals surface area contributed by atoms with Crippen LogP contribution < -0.4 is 11.5 Å². The molecule has 10 nitrogen and oxygen atoms in total. The molecule has 3 rings (SSSR count). The molecule has 31 heavy (non-hydrogen) atoms. The highest BCUT2D eigenvalue weighted by molar-refractivity contribution is 5.79. The SMILES string of the molecule is NC(N)=NCCC[C@@H](C=O)N(C(=O)OCC1c2ccccc2-c2ccccc21)[N+](=O)[O-]. The third-order valence-electron chi connectivity index (χ3n) is 5.12. The van der Waals surface area contributed by atoms with Crippen molar-refractivity contribution in [1.82, 2.24) is 5.01 Å². The summed E-state index contributed by atoms with van der Waals surface area (Å²) >= 11 is 0. The van der Waals surface area contributed by atoms with Gasteiger partial charge in [0.1, 0.15) is 12.9 Å². The summed E-state index contributed by atoms with van der Waals surface area (Å²) < 4.78 is 5.31. The summed E-state index contributed by atoms with van der Waals surface area (Å²) in [5.74, 6) is -0.369. The first-order valence-corrected chi connectivity index (χ1v) is 9.73. The molecular weight excluding hydrogens is 402 g/mol. The van der Waals surface area contributed by atoms with Crippen LogP contribution in [0.15, 0.2) is 53.5 Å². The number of aldehydes is 1. The molecule has 0 unspecified atom stereocenters. The van der Waals surface area contributed by atoms with Crippen molar-refractivity contribution < 1.29 is 19.4 Å². The molecule has 0 saturated heterocycles. The molecule has 1 atom stereocenters. The minimum atomic E-state index is -1.29. The predicted octanol–water partition coefficient (Wildman–Crippen LogP) is 2.05. The maximum atomic E-state index is 12.5. The normalized spacial score (nSPS) is 12.9. The molecule has 4 N–H and O–H groups in total. The monoisotopic (exact) mass is 425 g/mol. The van der Waals surface area contributed by atoms with Gasteiger partial charge in [0, 0.05) is 12.5 Å². The fourth-order valence-corrected chi connectivity index (χ4v) is 3.74. The highest BCUT2D eigenvalue weighted by Crippen LogP contribution is 2.44. The van der Waals surface area contributed by atoms with Gasteiger partial charge in [0.25, 0.3) is 0 Å². The number of hydrogen-bond donors (Lipinski definition) is 2. The molecule has 0 aromatic heterocycles. The number of guanidine groups is 1. The molecule has 0 bridgehead atoms. The topological polar surface area (TPSA) is 154 Å². The number of rotatable bonds is 9. The highest BCUT2D eigenvalue weighted by Gasteiger charge is 2.36. The summed E-state index contributed by atoms with van der Waals surface area (Å²) in [6, 6.07) is 14.2. The molecule has 10 heteroatoms. The molecule has 0 fully saturated rings. The van der Waals surface area contributed by atoms with Gasteiger partial charge in [0.15, 0.2) is 17.0 Å². The first-order valence-electron chi connectivity index (χ1n) is 9.73. The van der Waals surface area contributed by atoms with E-state index in [1.54, 1.807) is 0 Å². The number of benzene rings is 2. The second-order valence-electron chi connectivity index (χ2n) is 7.04. The van der Waals surface area contributed by atoms with Gasteiger partial charge >= 0.3 is 6.09 Å². The Bertz CT molecular complexity index is 960. The molecule has 162 valence electrons. The number of fused-ring (bicyclic) bond motifs is 3. The van der Waals surface area contributed by atoms with Crippen molar-refractivity contribution >= 4 is 18.3 Å². The summed E-state index contributed by atoms with van der Waals surface area (Å²) in [6.07, 6.45) is -0.543. The minimum Gasteiger partial charge on any atom is -0.445 e. The van der Waals surface area contributed by atoms with Gasteiger partial charge in [0.2, 0.25) is 0 Å². The Labute approximate surface area is 178 Å². The molecule has 2 aromatic rings. The number of ether oxygens (including phenoxy) is 1. The van der Waals surface area contributed by atoms with E-state index >= 15 is 0 Å². The van der Waals surface area contributed by atoms with Gasteiger partial charge < -0.3 is 21.0 Å². The van der Waals surface area contributed by atoms with Gasteiger partial charge in [-0.15, -0.1) is 0 Å². The smallest absolute Gasteiger partial charge is 0.445 e.